The number of carbonyl (C=O) groups is 1. The van der Waals surface area contributed by atoms with E-state index in [0.717, 1.165) is 10.9 Å². The molecule has 0 saturated heterocycles. The van der Waals surface area contributed by atoms with Crippen molar-refractivity contribution in [3.8, 4) is 5.75 Å². The van der Waals surface area contributed by atoms with Crippen LogP contribution in [0.5, 0.6) is 5.75 Å². The van der Waals surface area contributed by atoms with E-state index in [1.54, 1.807) is 24.4 Å². The van der Waals surface area contributed by atoms with E-state index in [4.69, 9.17) is 0 Å². The third-order valence-corrected chi connectivity index (χ3v) is 2.97. The number of phenols is 1. The summed E-state index contributed by atoms with van der Waals surface area (Å²) in [6.07, 6.45) is 1.73. The van der Waals surface area contributed by atoms with Gasteiger partial charge in [-0.25, -0.2) is 0 Å². The van der Waals surface area contributed by atoms with Crippen molar-refractivity contribution in [2.75, 3.05) is 5.32 Å². The number of fused-ring (bicyclic) bond motifs is 1. The number of phenolic OH excluding ortho intramolecular Hbond substituents is 1. The first-order valence-corrected chi connectivity index (χ1v) is 6.17. The Morgan fingerprint density at radius 2 is 1.95 bits per heavy atom. The van der Waals surface area contributed by atoms with Crippen LogP contribution >= 0.6 is 0 Å². The van der Waals surface area contributed by atoms with Crippen LogP contribution in [-0.2, 0) is 0 Å². The summed E-state index contributed by atoms with van der Waals surface area (Å²) in [6, 6.07) is 15.5. The van der Waals surface area contributed by atoms with Gasteiger partial charge in [-0.1, -0.05) is 12.1 Å². The molecule has 20 heavy (non-hydrogen) atoms. The first-order valence-electron chi connectivity index (χ1n) is 6.17. The van der Waals surface area contributed by atoms with Gasteiger partial charge in [-0.2, -0.15) is 0 Å². The molecule has 98 valence electrons. The zero-order chi connectivity index (χ0) is 13.9. The molecule has 0 aliphatic rings. The van der Waals surface area contributed by atoms with Gasteiger partial charge >= 0.3 is 0 Å². The van der Waals surface area contributed by atoms with Crippen LogP contribution in [0, 0.1) is 0 Å². The van der Waals surface area contributed by atoms with Gasteiger partial charge in [-0.3, -0.25) is 9.78 Å². The van der Waals surface area contributed by atoms with Crippen molar-refractivity contribution < 1.29 is 9.90 Å². The maximum Gasteiger partial charge on any atom is 0.255 e. The predicted molar refractivity (Wildman–Crippen MR) is 77.8 cm³/mol. The number of amides is 1. The van der Waals surface area contributed by atoms with Gasteiger partial charge in [-0.05, 0) is 42.5 Å². The van der Waals surface area contributed by atoms with E-state index in [1.165, 1.54) is 12.1 Å². The van der Waals surface area contributed by atoms with Crippen LogP contribution in [0.4, 0.5) is 5.69 Å². The summed E-state index contributed by atoms with van der Waals surface area (Å²) >= 11 is 0. The zero-order valence-electron chi connectivity index (χ0n) is 10.6. The number of hydrogen-bond acceptors (Lipinski definition) is 3. The number of aromatic nitrogens is 1. The van der Waals surface area contributed by atoms with Crippen molar-refractivity contribution in [1.82, 2.24) is 4.98 Å². The van der Waals surface area contributed by atoms with E-state index >= 15 is 0 Å². The maximum atomic E-state index is 12.1. The van der Waals surface area contributed by atoms with Gasteiger partial charge in [0.15, 0.2) is 0 Å². The van der Waals surface area contributed by atoms with Crippen molar-refractivity contribution in [1.29, 1.82) is 0 Å². The first-order chi connectivity index (χ1) is 9.72. The molecule has 0 unspecified atom stereocenters. The number of nitrogens with zero attached hydrogens (tertiary/aromatic N) is 1. The molecule has 1 amide bonds. The van der Waals surface area contributed by atoms with Crippen LogP contribution in [-0.4, -0.2) is 16.0 Å². The zero-order valence-corrected chi connectivity index (χ0v) is 10.6. The Morgan fingerprint density at radius 1 is 1.05 bits per heavy atom. The van der Waals surface area contributed by atoms with Crippen LogP contribution in [0.15, 0.2) is 60.8 Å². The minimum absolute atomic E-state index is 0.0698. The Morgan fingerprint density at radius 3 is 2.80 bits per heavy atom. The number of rotatable bonds is 2. The number of nitrogens with one attached hydrogen (secondary N) is 1. The van der Waals surface area contributed by atoms with Crippen molar-refractivity contribution in [2.45, 2.75) is 0 Å². The van der Waals surface area contributed by atoms with Crippen molar-refractivity contribution in [2.24, 2.45) is 0 Å². The molecule has 0 bridgehead atoms. The summed E-state index contributed by atoms with van der Waals surface area (Å²) in [6.45, 7) is 0. The average Bonchev–Trinajstić information content (AvgIpc) is 2.47. The molecule has 2 aromatic carbocycles. The Bertz CT molecular complexity index is 784. The minimum Gasteiger partial charge on any atom is -0.508 e. The minimum atomic E-state index is -0.260. The summed E-state index contributed by atoms with van der Waals surface area (Å²) in [4.78, 5) is 16.3. The Hall–Kier alpha value is -2.88. The smallest absolute Gasteiger partial charge is 0.255 e. The first kappa shape index (κ1) is 12.2. The number of aromatic hydroxyl groups is 1. The molecular formula is C16H12N2O2. The SMILES string of the molecule is O=C(Nc1ccc2ncccc2c1)c1cccc(O)c1. The van der Waals surface area contributed by atoms with Gasteiger partial charge in [0, 0.05) is 22.8 Å². The molecule has 0 spiro atoms. The number of hydrogen-bond donors (Lipinski definition) is 2. The molecule has 0 aliphatic heterocycles. The summed E-state index contributed by atoms with van der Waals surface area (Å²) in [5.74, 6) is -0.190. The van der Waals surface area contributed by atoms with Crippen LogP contribution in [0.25, 0.3) is 10.9 Å². The lowest BCUT2D eigenvalue weighted by Crippen LogP contribution is -2.11. The standard InChI is InChI=1S/C16H12N2O2/c19-14-5-1-3-12(10-14)16(20)18-13-6-7-15-11(9-13)4-2-8-17-15/h1-10,19H,(H,18,20). The van der Waals surface area contributed by atoms with Crippen molar-refractivity contribution in [3.05, 3.63) is 66.4 Å². The van der Waals surface area contributed by atoms with Crippen LogP contribution in [0.2, 0.25) is 0 Å². The number of anilines is 1. The largest absolute Gasteiger partial charge is 0.508 e. The van der Waals surface area contributed by atoms with Gasteiger partial charge in [0.1, 0.15) is 5.75 Å². The van der Waals surface area contributed by atoms with E-state index in [2.05, 4.69) is 10.3 Å². The third kappa shape index (κ3) is 2.44. The Balaban J connectivity index is 1.87. The summed E-state index contributed by atoms with van der Waals surface area (Å²) < 4.78 is 0. The quantitative estimate of drug-likeness (QED) is 0.747. The molecule has 1 heterocycles. The summed E-state index contributed by atoms with van der Waals surface area (Å²) in [5.41, 5.74) is 1.98. The highest BCUT2D eigenvalue weighted by molar-refractivity contribution is 6.05. The summed E-state index contributed by atoms with van der Waals surface area (Å²) in [5, 5.41) is 13.1. The second-order valence-electron chi connectivity index (χ2n) is 4.42. The maximum absolute atomic E-state index is 12.1. The lowest BCUT2D eigenvalue weighted by molar-refractivity contribution is 0.102. The molecule has 0 saturated carbocycles. The molecule has 4 nitrogen and oxygen atoms in total. The molecule has 1 aromatic heterocycles. The van der Waals surface area contributed by atoms with Crippen LogP contribution in [0.1, 0.15) is 10.4 Å². The van der Waals surface area contributed by atoms with Crippen molar-refractivity contribution >= 4 is 22.5 Å². The predicted octanol–water partition coefficient (Wildman–Crippen LogP) is 3.19. The van der Waals surface area contributed by atoms with E-state index in [-0.39, 0.29) is 11.7 Å². The van der Waals surface area contributed by atoms with Crippen molar-refractivity contribution in [3.63, 3.8) is 0 Å². The lowest BCUT2D eigenvalue weighted by atomic mass is 10.1. The molecule has 3 rings (SSSR count). The van der Waals surface area contributed by atoms with Crippen LogP contribution < -0.4 is 5.32 Å². The third-order valence-electron chi connectivity index (χ3n) is 2.97. The highest BCUT2D eigenvalue weighted by Crippen LogP contribution is 2.18. The molecule has 0 radical (unpaired) electrons. The lowest BCUT2D eigenvalue weighted by Gasteiger charge is -2.06. The van der Waals surface area contributed by atoms with E-state index in [9.17, 15) is 9.90 Å². The molecule has 0 atom stereocenters. The number of carbonyl (C=O) groups excluding carboxylic acids is 1. The van der Waals surface area contributed by atoms with E-state index in [0.29, 0.717) is 11.3 Å². The normalized spacial score (nSPS) is 10.4. The topological polar surface area (TPSA) is 62.2 Å². The fourth-order valence-electron chi connectivity index (χ4n) is 2.00. The number of pyridine rings is 1. The fraction of sp³-hybridized carbons (Fsp3) is 0. The molecule has 4 heteroatoms. The highest BCUT2D eigenvalue weighted by atomic mass is 16.3. The molecule has 0 fully saturated rings. The van der Waals surface area contributed by atoms with Gasteiger partial charge in [0.25, 0.3) is 5.91 Å². The number of benzene rings is 2. The van der Waals surface area contributed by atoms with Gasteiger partial charge in [0.05, 0.1) is 5.52 Å². The molecule has 3 aromatic rings. The average molecular weight is 264 g/mol. The molecule has 2 N–H and O–H groups in total. The van der Waals surface area contributed by atoms with E-state index in [1.807, 2.05) is 24.3 Å². The van der Waals surface area contributed by atoms with Gasteiger partial charge in [-0.15, -0.1) is 0 Å². The Labute approximate surface area is 115 Å². The van der Waals surface area contributed by atoms with Gasteiger partial charge < -0.3 is 10.4 Å². The Kier molecular flexibility index (Phi) is 3.05. The monoisotopic (exact) mass is 264 g/mol. The second kappa shape index (κ2) is 5.01. The molecular weight excluding hydrogens is 252 g/mol. The molecule has 0 aliphatic carbocycles. The van der Waals surface area contributed by atoms with E-state index < -0.39 is 0 Å². The summed E-state index contributed by atoms with van der Waals surface area (Å²) in [7, 11) is 0. The fourth-order valence-corrected chi connectivity index (χ4v) is 2.00. The highest BCUT2D eigenvalue weighted by Gasteiger charge is 2.07. The van der Waals surface area contributed by atoms with Crippen LogP contribution in [0.3, 0.4) is 0 Å². The van der Waals surface area contributed by atoms with Gasteiger partial charge in [0.2, 0.25) is 0 Å². The second-order valence-corrected chi connectivity index (χ2v) is 4.42.